The molecular weight excluding hydrogens is 268 g/mol. The molecule has 4 heteroatoms. The van der Waals surface area contributed by atoms with Gasteiger partial charge in [-0.3, -0.25) is 4.79 Å². The van der Waals surface area contributed by atoms with Gasteiger partial charge in [-0.25, -0.2) is 0 Å². The Labute approximate surface area is 125 Å². The van der Waals surface area contributed by atoms with Crippen molar-refractivity contribution < 1.29 is 4.79 Å². The third-order valence-electron chi connectivity index (χ3n) is 4.23. The Kier molecular flexibility index (Phi) is 4.43. The van der Waals surface area contributed by atoms with Gasteiger partial charge >= 0.3 is 0 Å². The van der Waals surface area contributed by atoms with E-state index in [1.54, 1.807) is 0 Å². The molecule has 0 aromatic heterocycles. The SMILES string of the molecule is Cc1cccc(C(=O)NC2(C(N)=S)CCC(C)CC2)c1. The fourth-order valence-corrected chi connectivity index (χ4v) is 3.02. The second-order valence-electron chi connectivity index (χ2n) is 5.95. The molecule has 0 saturated heterocycles. The highest BCUT2D eigenvalue weighted by Crippen LogP contribution is 2.32. The van der Waals surface area contributed by atoms with Crippen molar-refractivity contribution >= 4 is 23.1 Å². The average Bonchev–Trinajstić information content (AvgIpc) is 2.41. The molecular formula is C16H22N2OS. The molecule has 0 heterocycles. The summed E-state index contributed by atoms with van der Waals surface area (Å²) in [7, 11) is 0. The molecule has 1 aliphatic rings. The van der Waals surface area contributed by atoms with E-state index in [0.29, 0.717) is 16.5 Å². The van der Waals surface area contributed by atoms with Gasteiger partial charge in [0.1, 0.15) is 0 Å². The normalized spacial score (nSPS) is 26.0. The maximum atomic E-state index is 12.4. The first-order chi connectivity index (χ1) is 9.43. The monoisotopic (exact) mass is 290 g/mol. The molecule has 0 spiro atoms. The van der Waals surface area contributed by atoms with Crippen LogP contribution >= 0.6 is 12.2 Å². The molecule has 1 aromatic carbocycles. The summed E-state index contributed by atoms with van der Waals surface area (Å²) in [5.74, 6) is 0.587. The Morgan fingerprint density at radius 2 is 2.05 bits per heavy atom. The molecule has 1 fully saturated rings. The summed E-state index contributed by atoms with van der Waals surface area (Å²) in [5.41, 5.74) is 7.14. The highest BCUT2D eigenvalue weighted by atomic mass is 32.1. The van der Waals surface area contributed by atoms with Crippen LogP contribution in [0.2, 0.25) is 0 Å². The quantitative estimate of drug-likeness (QED) is 0.842. The van der Waals surface area contributed by atoms with Crippen molar-refractivity contribution in [2.75, 3.05) is 0 Å². The van der Waals surface area contributed by atoms with Crippen LogP contribution in [0.1, 0.15) is 48.5 Å². The van der Waals surface area contributed by atoms with Crippen molar-refractivity contribution in [2.24, 2.45) is 11.7 Å². The molecule has 2 rings (SSSR count). The molecule has 3 nitrogen and oxygen atoms in total. The van der Waals surface area contributed by atoms with Crippen molar-refractivity contribution in [3.05, 3.63) is 35.4 Å². The summed E-state index contributed by atoms with van der Waals surface area (Å²) in [6.07, 6.45) is 3.76. The molecule has 0 bridgehead atoms. The van der Waals surface area contributed by atoms with Crippen LogP contribution in [0.4, 0.5) is 0 Å². The van der Waals surface area contributed by atoms with E-state index >= 15 is 0 Å². The molecule has 3 N–H and O–H groups in total. The third-order valence-corrected chi connectivity index (χ3v) is 4.62. The second-order valence-corrected chi connectivity index (χ2v) is 6.39. The topological polar surface area (TPSA) is 55.1 Å². The van der Waals surface area contributed by atoms with Crippen molar-refractivity contribution in [1.29, 1.82) is 0 Å². The van der Waals surface area contributed by atoms with E-state index in [1.165, 1.54) is 0 Å². The van der Waals surface area contributed by atoms with Gasteiger partial charge in [-0.15, -0.1) is 0 Å². The fraction of sp³-hybridized carbons (Fsp3) is 0.500. The van der Waals surface area contributed by atoms with Crippen molar-refractivity contribution in [3.63, 3.8) is 0 Å². The minimum absolute atomic E-state index is 0.0870. The predicted octanol–water partition coefficient (Wildman–Crippen LogP) is 2.96. The average molecular weight is 290 g/mol. The summed E-state index contributed by atoms with van der Waals surface area (Å²) in [4.78, 5) is 12.8. The number of thiocarbonyl (C=S) groups is 1. The molecule has 0 radical (unpaired) electrons. The molecule has 0 atom stereocenters. The Hall–Kier alpha value is -1.42. The standard InChI is InChI=1S/C16H22N2OS/c1-11-6-8-16(9-7-11,15(17)20)18-14(19)13-5-3-4-12(2)10-13/h3-5,10-11H,6-9H2,1-2H3,(H2,17,20)(H,18,19). The van der Waals surface area contributed by atoms with Crippen LogP contribution in [-0.2, 0) is 0 Å². The maximum absolute atomic E-state index is 12.4. The molecule has 0 aliphatic heterocycles. The molecule has 20 heavy (non-hydrogen) atoms. The van der Waals surface area contributed by atoms with Gasteiger partial charge < -0.3 is 11.1 Å². The van der Waals surface area contributed by atoms with Crippen LogP contribution in [0, 0.1) is 12.8 Å². The van der Waals surface area contributed by atoms with Gasteiger partial charge in [0.25, 0.3) is 5.91 Å². The number of nitrogens with two attached hydrogens (primary N) is 1. The van der Waals surface area contributed by atoms with Crippen LogP contribution in [-0.4, -0.2) is 16.4 Å². The van der Waals surface area contributed by atoms with Crippen LogP contribution in [0.3, 0.4) is 0 Å². The Balaban J connectivity index is 2.17. The van der Waals surface area contributed by atoms with E-state index in [0.717, 1.165) is 31.2 Å². The lowest BCUT2D eigenvalue weighted by atomic mass is 9.77. The van der Waals surface area contributed by atoms with Crippen molar-refractivity contribution in [3.8, 4) is 0 Å². The summed E-state index contributed by atoms with van der Waals surface area (Å²) < 4.78 is 0. The number of nitrogens with one attached hydrogen (secondary N) is 1. The number of carbonyl (C=O) groups is 1. The van der Waals surface area contributed by atoms with Gasteiger partial charge in [-0.05, 0) is 50.7 Å². The molecule has 108 valence electrons. The second kappa shape index (κ2) is 5.92. The number of hydrogen-bond donors (Lipinski definition) is 2. The van der Waals surface area contributed by atoms with E-state index in [4.69, 9.17) is 18.0 Å². The Morgan fingerprint density at radius 3 is 2.60 bits per heavy atom. The molecule has 1 aromatic rings. The zero-order valence-electron chi connectivity index (χ0n) is 12.1. The zero-order valence-corrected chi connectivity index (χ0v) is 12.9. The first-order valence-electron chi connectivity index (χ1n) is 7.12. The van der Waals surface area contributed by atoms with E-state index < -0.39 is 5.54 Å². The minimum Gasteiger partial charge on any atom is -0.391 e. The smallest absolute Gasteiger partial charge is 0.252 e. The fourth-order valence-electron chi connectivity index (χ4n) is 2.76. The number of amides is 1. The van der Waals surface area contributed by atoms with Gasteiger partial charge in [-0.1, -0.05) is 36.8 Å². The predicted molar refractivity (Wildman–Crippen MR) is 85.8 cm³/mol. The van der Waals surface area contributed by atoms with E-state index in [1.807, 2.05) is 31.2 Å². The van der Waals surface area contributed by atoms with Crippen LogP contribution in [0.15, 0.2) is 24.3 Å². The summed E-state index contributed by atoms with van der Waals surface area (Å²) in [5, 5.41) is 3.09. The van der Waals surface area contributed by atoms with Crippen LogP contribution in [0.5, 0.6) is 0 Å². The summed E-state index contributed by atoms with van der Waals surface area (Å²) in [6.45, 7) is 4.20. The lowest BCUT2D eigenvalue weighted by Gasteiger charge is -2.39. The van der Waals surface area contributed by atoms with Gasteiger partial charge in [-0.2, -0.15) is 0 Å². The van der Waals surface area contributed by atoms with E-state index in [-0.39, 0.29) is 5.91 Å². The molecule has 0 unspecified atom stereocenters. The van der Waals surface area contributed by atoms with Gasteiger partial charge in [0.15, 0.2) is 0 Å². The van der Waals surface area contributed by atoms with Crippen LogP contribution < -0.4 is 11.1 Å². The first-order valence-corrected chi connectivity index (χ1v) is 7.53. The van der Waals surface area contributed by atoms with Crippen molar-refractivity contribution in [2.45, 2.75) is 45.1 Å². The Morgan fingerprint density at radius 1 is 1.40 bits per heavy atom. The summed E-state index contributed by atoms with van der Waals surface area (Å²) in [6, 6.07) is 7.57. The number of benzene rings is 1. The lowest BCUT2D eigenvalue weighted by Crippen LogP contribution is -2.58. The van der Waals surface area contributed by atoms with Crippen molar-refractivity contribution in [1.82, 2.24) is 5.32 Å². The lowest BCUT2D eigenvalue weighted by molar-refractivity contribution is 0.0900. The number of hydrogen-bond acceptors (Lipinski definition) is 2. The van der Waals surface area contributed by atoms with Gasteiger partial charge in [0.2, 0.25) is 0 Å². The number of rotatable bonds is 3. The first kappa shape index (κ1) is 15.0. The van der Waals surface area contributed by atoms with E-state index in [9.17, 15) is 4.79 Å². The highest BCUT2D eigenvalue weighted by Gasteiger charge is 2.38. The van der Waals surface area contributed by atoms with E-state index in [2.05, 4.69) is 12.2 Å². The zero-order chi connectivity index (χ0) is 14.8. The number of aryl methyl sites for hydroxylation is 1. The largest absolute Gasteiger partial charge is 0.391 e. The Bertz CT molecular complexity index is 519. The molecule has 1 amide bonds. The highest BCUT2D eigenvalue weighted by molar-refractivity contribution is 7.80. The summed E-state index contributed by atoms with van der Waals surface area (Å²) >= 11 is 5.22. The third kappa shape index (κ3) is 3.18. The van der Waals surface area contributed by atoms with Gasteiger partial charge in [0.05, 0.1) is 10.5 Å². The molecule has 1 aliphatic carbocycles. The molecule has 1 saturated carbocycles. The minimum atomic E-state index is -0.511. The van der Waals surface area contributed by atoms with Gasteiger partial charge in [0, 0.05) is 5.56 Å². The number of carbonyl (C=O) groups excluding carboxylic acids is 1. The maximum Gasteiger partial charge on any atom is 0.252 e. The van der Waals surface area contributed by atoms with Crippen LogP contribution in [0.25, 0.3) is 0 Å².